The second-order valence-electron chi connectivity index (χ2n) is 5.57. The van der Waals surface area contributed by atoms with Gasteiger partial charge in [0.1, 0.15) is 5.76 Å². The van der Waals surface area contributed by atoms with Gasteiger partial charge in [-0.25, -0.2) is 0 Å². The van der Waals surface area contributed by atoms with Gasteiger partial charge in [-0.1, -0.05) is 0 Å². The van der Waals surface area contributed by atoms with Gasteiger partial charge in [0.2, 0.25) is 0 Å². The van der Waals surface area contributed by atoms with E-state index in [0.717, 1.165) is 24.9 Å². The molecule has 0 spiro atoms. The van der Waals surface area contributed by atoms with Crippen LogP contribution in [0.1, 0.15) is 37.5 Å². The molecule has 3 nitrogen and oxygen atoms in total. The van der Waals surface area contributed by atoms with Crippen LogP contribution in [0.25, 0.3) is 0 Å². The minimum Gasteiger partial charge on any atom is -0.468 e. The van der Waals surface area contributed by atoms with Crippen LogP contribution in [0.5, 0.6) is 0 Å². The normalized spacial score (nSPS) is 17.1. The smallest absolute Gasteiger partial charge is 0.122 e. The predicted octanol–water partition coefficient (Wildman–Crippen LogP) is 3.11. The van der Waals surface area contributed by atoms with Crippen molar-refractivity contribution in [2.24, 2.45) is 0 Å². The Morgan fingerprint density at radius 1 is 1.53 bits per heavy atom. The lowest BCUT2D eigenvalue weighted by Gasteiger charge is -2.24. The highest BCUT2D eigenvalue weighted by molar-refractivity contribution is 7.98. The average Bonchev–Trinajstić information content (AvgIpc) is 3.14. The molecule has 1 aliphatic rings. The Labute approximate surface area is 121 Å². The van der Waals surface area contributed by atoms with Crippen molar-refractivity contribution in [3.8, 4) is 0 Å². The molecular formula is C15H26N2OS. The summed E-state index contributed by atoms with van der Waals surface area (Å²) < 4.78 is 5.66. The highest BCUT2D eigenvalue weighted by Crippen LogP contribution is 2.21. The van der Waals surface area contributed by atoms with E-state index in [2.05, 4.69) is 36.5 Å². The summed E-state index contributed by atoms with van der Waals surface area (Å²) in [6.45, 7) is 4.15. The summed E-state index contributed by atoms with van der Waals surface area (Å²) in [5, 5.41) is 3.55. The lowest BCUT2D eigenvalue weighted by atomic mass is 10.2. The van der Waals surface area contributed by atoms with E-state index in [0.29, 0.717) is 6.04 Å². The first-order valence-corrected chi connectivity index (χ1v) is 8.58. The zero-order chi connectivity index (χ0) is 13.7. The summed E-state index contributed by atoms with van der Waals surface area (Å²) in [6.07, 6.45) is 7.88. The average molecular weight is 282 g/mol. The van der Waals surface area contributed by atoms with Gasteiger partial charge in [-0.05, 0) is 51.3 Å². The number of hydrogen-bond donors (Lipinski definition) is 1. The minimum absolute atomic E-state index is 0.599. The number of nitrogens with one attached hydrogen (secondary N) is 1. The molecule has 0 radical (unpaired) electrons. The Balaban J connectivity index is 1.81. The molecule has 1 heterocycles. The van der Waals surface area contributed by atoms with E-state index in [-0.39, 0.29) is 0 Å². The molecule has 1 fully saturated rings. The van der Waals surface area contributed by atoms with E-state index in [1.165, 1.54) is 30.6 Å². The van der Waals surface area contributed by atoms with Crippen molar-refractivity contribution in [1.82, 2.24) is 10.2 Å². The second-order valence-corrected chi connectivity index (χ2v) is 6.56. The van der Waals surface area contributed by atoms with Gasteiger partial charge in [0.25, 0.3) is 0 Å². The Hall–Kier alpha value is -0.450. The fraction of sp³-hybridized carbons (Fsp3) is 0.733. The third-order valence-corrected chi connectivity index (χ3v) is 4.53. The van der Waals surface area contributed by atoms with E-state index >= 15 is 0 Å². The third kappa shape index (κ3) is 4.86. The fourth-order valence-electron chi connectivity index (χ4n) is 2.10. The van der Waals surface area contributed by atoms with Crippen molar-refractivity contribution in [1.29, 1.82) is 0 Å². The minimum atomic E-state index is 0.599. The van der Waals surface area contributed by atoms with Crippen molar-refractivity contribution in [2.45, 2.75) is 51.4 Å². The van der Waals surface area contributed by atoms with Crippen molar-refractivity contribution < 1.29 is 4.42 Å². The molecule has 19 heavy (non-hydrogen) atoms. The highest BCUT2D eigenvalue weighted by atomic mass is 32.2. The summed E-state index contributed by atoms with van der Waals surface area (Å²) in [7, 11) is 2.19. The first-order valence-electron chi connectivity index (χ1n) is 7.18. The molecule has 108 valence electrons. The SMILES string of the molecule is CSCCC(C)N(C)Cc1occc1CNC1CC1. The van der Waals surface area contributed by atoms with E-state index in [1.807, 2.05) is 18.0 Å². The maximum atomic E-state index is 5.66. The Kier molecular flexibility index (Phi) is 5.79. The number of furan rings is 1. The molecule has 0 bridgehead atoms. The standard InChI is InChI=1S/C15H26N2OS/c1-12(7-9-19-3)17(2)11-15-13(6-8-18-15)10-16-14-4-5-14/h6,8,12,14,16H,4-5,7,9-11H2,1-3H3. The Bertz CT molecular complexity index is 376. The van der Waals surface area contributed by atoms with Crippen LogP contribution in [0.3, 0.4) is 0 Å². The molecule has 1 aliphatic carbocycles. The molecule has 1 N–H and O–H groups in total. The molecule has 0 saturated heterocycles. The van der Waals surface area contributed by atoms with Gasteiger partial charge in [-0.15, -0.1) is 0 Å². The number of nitrogens with zero attached hydrogens (tertiary/aromatic N) is 1. The predicted molar refractivity (Wildman–Crippen MR) is 82.5 cm³/mol. The van der Waals surface area contributed by atoms with Gasteiger partial charge in [-0.3, -0.25) is 4.90 Å². The first kappa shape index (κ1) is 14.9. The molecule has 1 aromatic rings. The topological polar surface area (TPSA) is 28.4 Å². The van der Waals surface area contributed by atoms with Crippen LogP contribution >= 0.6 is 11.8 Å². The van der Waals surface area contributed by atoms with Crippen molar-refractivity contribution in [2.75, 3.05) is 19.1 Å². The quantitative estimate of drug-likeness (QED) is 0.753. The van der Waals surface area contributed by atoms with E-state index < -0.39 is 0 Å². The maximum absolute atomic E-state index is 5.66. The van der Waals surface area contributed by atoms with E-state index in [9.17, 15) is 0 Å². The fourth-order valence-corrected chi connectivity index (χ4v) is 2.67. The van der Waals surface area contributed by atoms with E-state index in [1.54, 1.807) is 0 Å². The van der Waals surface area contributed by atoms with Gasteiger partial charge in [0.15, 0.2) is 0 Å². The molecule has 1 unspecified atom stereocenters. The summed E-state index contributed by atoms with van der Waals surface area (Å²) in [5.41, 5.74) is 1.32. The maximum Gasteiger partial charge on any atom is 0.122 e. The summed E-state index contributed by atoms with van der Waals surface area (Å²) in [5.74, 6) is 2.34. The molecular weight excluding hydrogens is 256 g/mol. The van der Waals surface area contributed by atoms with Crippen LogP contribution in [0.4, 0.5) is 0 Å². The molecule has 1 aromatic heterocycles. The number of rotatable bonds is 9. The van der Waals surface area contributed by atoms with Crippen LogP contribution < -0.4 is 5.32 Å². The van der Waals surface area contributed by atoms with Crippen LogP contribution in [0.15, 0.2) is 16.7 Å². The summed E-state index contributed by atoms with van der Waals surface area (Å²) in [6, 6.07) is 3.45. The molecule has 1 saturated carbocycles. The molecule has 1 atom stereocenters. The highest BCUT2D eigenvalue weighted by Gasteiger charge is 2.21. The van der Waals surface area contributed by atoms with Gasteiger partial charge in [0.05, 0.1) is 12.8 Å². The molecule has 0 aromatic carbocycles. The number of thioether (sulfide) groups is 1. The summed E-state index contributed by atoms with van der Waals surface area (Å²) in [4.78, 5) is 2.38. The van der Waals surface area contributed by atoms with Gasteiger partial charge in [0, 0.05) is 24.2 Å². The van der Waals surface area contributed by atoms with Gasteiger partial charge in [-0.2, -0.15) is 11.8 Å². The third-order valence-electron chi connectivity index (χ3n) is 3.88. The monoisotopic (exact) mass is 282 g/mol. The van der Waals surface area contributed by atoms with Gasteiger partial charge < -0.3 is 9.73 Å². The summed E-state index contributed by atoms with van der Waals surface area (Å²) >= 11 is 1.92. The van der Waals surface area contributed by atoms with Crippen molar-refractivity contribution in [3.63, 3.8) is 0 Å². The zero-order valence-electron chi connectivity index (χ0n) is 12.3. The number of hydrogen-bond acceptors (Lipinski definition) is 4. The second kappa shape index (κ2) is 7.36. The lowest BCUT2D eigenvalue weighted by molar-refractivity contribution is 0.225. The van der Waals surface area contributed by atoms with E-state index in [4.69, 9.17) is 4.42 Å². The van der Waals surface area contributed by atoms with Crippen molar-refractivity contribution in [3.05, 3.63) is 23.7 Å². The molecule has 2 rings (SSSR count). The van der Waals surface area contributed by atoms with Crippen LogP contribution in [-0.2, 0) is 13.1 Å². The Morgan fingerprint density at radius 2 is 2.32 bits per heavy atom. The molecule has 0 amide bonds. The van der Waals surface area contributed by atoms with Crippen LogP contribution in [0, 0.1) is 0 Å². The zero-order valence-corrected chi connectivity index (χ0v) is 13.1. The van der Waals surface area contributed by atoms with Gasteiger partial charge >= 0.3 is 0 Å². The van der Waals surface area contributed by atoms with Crippen LogP contribution in [0.2, 0.25) is 0 Å². The molecule has 0 aliphatic heterocycles. The molecule has 4 heteroatoms. The Morgan fingerprint density at radius 3 is 3.00 bits per heavy atom. The largest absolute Gasteiger partial charge is 0.468 e. The first-order chi connectivity index (χ1) is 9.20. The van der Waals surface area contributed by atoms with Crippen molar-refractivity contribution >= 4 is 11.8 Å². The lowest BCUT2D eigenvalue weighted by Crippen LogP contribution is -2.29. The van der Waals surface area contributed by atoms with Crippen LogP contribution in [-0.4, -0.2) is 36.0 Å².